The summed E-state index contributed by atoms with van der Waals surface area (Å²) in [6.45, 7) is 2.87. The van der Waals surface area contributed by atoms with Crippen molar-refractivity contribution >= 4 is 33.3 Å². The number of carbonyl (C=O) groups excluding carboxylic acids is 1. The van der Waals surface area contributed by atoms with Crippen molar-refractivity contribution in [2.24, 2.45) is 0 Å². The van der Waals surface area contributed by atoms with Crippen LogP contribution in [-0.2, 0) is 11.0 Å². The van der Waals surface area contributed by atoms with Crippen LogP contribution in [0.2, 0.25) is 0 Å². The maximum atomic E-state index is 13.0. The second-order valence-corrected chi connectivity index (χ2v) is 5.93. The molecule has 1 aromatic heterocycles. The lowest BCUT2D eigenvalue weighted by Crippen LogP contribution is -2.26. The summed E-state index contributed by atoms with van der Waals surface area (Å²) in [6.07, 6.45) is -4.63. The molecule has 0 fully saturated rings. The number of nitro groups is 1. The maximum absolute atomic E-state index is 13.0. The number of rotatable bonds is 4. The average Bonchev–Trinajstić information content (AvgIpc) is 2.82. The highest BCUT2D eigenvalue weighted by molar-refractivity contribution is 9.10. The smallest absolute Gasteiger partial charge is 0.358 e. The zero-order valence-corrected chi connectivity index (χ0v) is 14.6. The van der Waals surface area contributed by atoms with Crippen LogP contribution in [0.4, 0.5) is 24.7 Å². The Morgan fingerprint density at radius 2 is 2.00 bits per heavy atom. The van der Waals surface area contributed by atoms with Crippen molar-refractivity contribution < 1.29 is 22.9 Å². The van der Waals surface area contributed by atoms with Crippen molar-refractivity contribution in [2.75, 3.05) is 5.32 Å². The van der Waals surface area contributed by atoms with Gasteiger partial charge in [-0.15, -0.1) is 0 Å². The van der Waals surface area contributed by atoms with E-state index in [1.165, 1.54) is 26.0 Å². The molecule has 7 nitrogen and oxygen atoms in total. The van der Waals surface area contributed by atoms with E-state index in [-0.39, 0.29) is 4.47 Å². The number of benzene rings is 1. The molecule has 11 heteroatoms. The molecule has 134 valence electrons. The lowest BCUT2D eigenvalue weighted by molar-refractivity contribution is -0.390. The Bertz CT molecular complexity index is 835. The Balaban J connectivity index is 2.31. The molecule has 2 aromatic rings. The first-order chi connectivity index (χ1) is 11.5. The second kappa shape index (κ2) is 6.82. The average molecular weight is 421 g/mol. The number of hydrogen-bond donors (Lipinski definition) is 1. The zero-order valence-electron chi connectivity index (χ0n) is 13.0. The highest BCUT2D eigenvalue weighted by atomic mass is 79.9. The number of carbonyl (C=O) groups is 1. The van der Waals surface area contributed by atoms with Crippen LogP contribution in [0.3, 0.4) is 0 Å². The lowest BCUT2D eigenvalue weighted by atomic mass is 10.1. The Labute approximate surface area is 148 Å². The largest absolute Gasteiger partial charge is 0.418 e. The van der Waals surface area contributed by atoms with Gasteiger partial charge in [-0.1, -0.05) is 12.1 Å². The third-order valence-electron chi connectivity index (χ3n) is 3.47. The molecule has 0 spiro atoms. The molecule has 1 heterocycles. The molecular weight excluding hydrogens is 409 g/mol. The topological polar surface area (TPSA) is 90.1 Å². The van der Waals surface area contributed by atoms with E-state index < -0.39 is 40.1 Å². The van der Waals surface area contributed by atoms with Crippen LogP contribution in [-0.4, -0.2) is 20.6 Å². The fourth-order valence-corrected chi connectivity index (χ4v) is 2.57. The summed E-state index contributed by atoms with van der Waals surface area (Å²) < 4.78 is 40.1. The number of nitrogens with zero attached hydrogens (tertiary/aromatic N) is 3. The number of amides is 1. The maximum Gasteiger partial charge on any atom is 0.418 e. The van der Waals surface area contributed by atoms with Gasteiger partial charge in [-0.25, -0.2) is 0 Å². The fraction of sp³-hybridized carbons (Fsp3) is 0.286. The number of halogens is 4. The van der Waals surface area contributed by atoms with Gasteiger partial charge < -0.3 is 15.4 Å². The molecule has 0 aliphatic rings. The third-order valence-corrected chi connectivity index (χ3v) is 4.40. The molecule has 0 aliphatic carbocycles. The van der Waals surface area contributed by atoms with Crippen LogP contribution in [0.5, 0.6) is 0 Å². The van der Waals surface area contributed by atoms with Crippen molar-refractivity contribution in [3.05, 3.63) is 50.1 Å². The lowest BCUT2D eigenvalue weighted by Gasteiger charge is -2.16. The molecule has 25 heavy (non-hydrogen) atoms. The van der Waals surface area contributed by atoms with Gasteiger partial charge in [0.05, 0.1) is 22.0 Å². The molecule has 0 saturated carbocycles. The van der Waals surface area contributed by atoms with Gasteiger partial charge in [0.15, 0.2) is 0 Å². The van der Waals surface area contributed by atoms with Crippen molar-refractivity contribution in [3.63, 3.8) is 0 Å². The normalized spacial score (nSPS) is 12.7. The Morgan fingerprint density at radius 1 is 1.40 bits per heavy atom. The van der Waals surface area contributed by atoms with Crippen LogP contribution >= 0.6 is 15.9 Å². The van der Waals surface area contributed by atoms with E-state index in [1.54, 1.807) is 0 Å². The number of anilines is 1. The minimum atomic E-state index is -4.63. The summed E-state index contributed by atoms with van der Waals surface area (Å²) in [7, 11) is 0. The summed E-state index contributed by atoms with van der Waals surface area (Å²) in [5.41, 5.74) is -1.08. The summed E-state index contributed by atoms with van der Waals surface area (Å²) in [5.74, 6) is -1.27. The Hall–Kier alpha value is -2.43. The highest BCUT2D eigenvalue weighted by Crippen LogP contribution is 2.35. The number of para-hydroxylation sites is 1. The standard InChI is InChI=1S/C14H12BrF3N4O3/c1-7-11(15)12(22(24)25)20-21(7)8(2)13(23)19-10-6-4-3-5-9(10)14(16,17)18/h3-6,8H,1-2H3,(H,19,23). The van der Waals surface area contributed by atoms with Crippen molar-refractivity contribution in [2.45, 2.75) is 26.1 Å². The fourth-order valence-electron chi connectivity index (χ4n) is 2.16. The molecule has 1 N–H and O–H groups in total. The quantitative estimate of drug-likeness (QED) is 0.595. The van der Waals surface area contributed by atoms with Crippen LogP contribution in [0, 0.1) is 17.0 Å². The summed E-state index contributed by atoms with van der Waals surface area (Å²) in [4.78, 5) is 22.5. The molecule has 0 radical (unpaired) electrons. The first-order valence-corrected chi connectivity index (χ1v) is 7.69. The van der Waals surface area contributed by atoms with E-state index >= 15 is 0 Å². The minimum Gasteiger partial charge on any atom is -0.358 e. The minimum absolute atomic E-state index is 0.104. The van der Waals surface area contributed by atoms with E-state index in [0.29, 0.717) is 5.69 Å². The molecular formula is C14H12BrF3N4O3. The van der Waals surface area contributed by atoms with Gasteiger partial charge in [0.25, 0.3) is 5.91 Å². The molecule has 1 atom stereocenters. The number of hydrogen-bond acceptors (Lipinski definition) is 4. The summed E-state index contributed by atoms with van der Waals surface area (Å²) >= 11 is 3.02. The predicted octanol–water partition coefficient (Wildman–Crippen LogP) is 4.08. The van der Waals surface area contributed by atoms with Crippen LogP contribution in [0.1, 0.15) is 24.2 Å². The molecule has 1 amide bonds. The van der Waals surface area contributed by atoms with Gasteiger partial charge >= 0.3 is 12.0 Å². The molecule has 1 aromatic carbocycles. The van der Waals surface area contributed by atoms with Gasteiger partial charge in [0, 0.05) is 0 Å². The van der Waals surface area contributed by atoms with Crippen molar-refractivity contribution in [1.82, 2.24) is 9.78 Å². The molecule has 0 aliphatic heterocycles. The van der Waals surface area contributed by atoms with Crippen molar-refractivity contribution in [3.8, 4) is 0 Å². The van der Waals surface area contributed by atoms with Crippen molar-refractivity contribution in [1.29, 1.82) is 0 Å². The second-order valence-electron chi connectivity index (χ2n) is 5.13. The number of alkyl halides is 3. The van der Waals surface area contributed by atoms with E-state index in [1.807, 2.05) is 0 Å². The van der Waals surface area contributed by atoms with Crippen LogP contribution < -0.4 is 5.32 Å². The van der Waals surface area contributed by atoms with E-state index in [4.69, 9.17) is 0 Å². The van der Waals surface area contributed by atoms with Gasteiger partial charge in [-0.3, -0.25) is 4.79 Å². The molecule has 0 bridgehead atoms. The molecule has 1 unspecified atom stereocenters. The molecule has 2 rings (SSSR count). The Kier molecular flexibility index (Phi) is 5.16. The van der Waals surface area contributed by atoms with Crippen LogP contribution in [0.15, 0.2) is 28.7 Å². The van der Waals surface area contributed by atoms with E-state index in [0.717, 1.165) is 16.8 Å². The van der Waals surface area contributed by atoms with Gasteiger partial charge in [0.1, 0.15) is 10.5 Å². The number of aromatic nitrogens is 2. The number of nitrogens with one attached hydrogen (secondary N) is 1. The zero-order chi connectivity index (χ0) is 18.9. The third kappa shape index (κ3) is 3.81. The summed E-state index contributed by atoms with van der Waals surface area (Å²) in [5, 5.41) is 16.8. The first-order valence-electron chi connectivity index (χ1n) is 6.90. The molecule has 0 saturated heterocycles. The van der Waals surface area contributed by atoms with Crippen LogP contribution in [0.25, 0.3) is 0 Å². The van der Waals surface area contributed by atoms with Gasteiger partial charge in [0.2, 0.25) is 0 Å². The van der Waals surface area contributed by atoms with Gasteiger partial charge in [-0.2, -0.15) is 17.9 Å². The highest BCUT2D eigenvalue weighted by Gasteiger charge is 2.35. The predicted molar refractivity (Wildman–Crippen MR) is 86.1 cm³/mol. The SMILES string of the molecule is Cc1c(Br)c([N+](=O)[O-])nn1C(C)C(=O)Nc1ccccc1C(F)(F)F. The summed E-state index contributed by atoms with van der Waals surface area (Å²) in [6, 6.07) is 3.48. The first kappa shape index (κ1) is 18.9. The Morgan fingerprint density at radius 3 is 2.52 bits per heavy atom. The van der Waals surface area contributed by atoms with Gasteiger partial charge in [-0.05, 0) is 46.8 Å². The van der Waals surface area contributed by atoms with E-state index in [2.05, 4.69) is 26.3 Å². The van der Waals surface area contributed by atoms with E-state index in [9.17, 15) is 28.1 Å². The monoisotopic (exact) mass is 420 g/mol.